The Morgan fingerprint density at radius 3 is 2.59 bits per heavy atom. The molecule has 0 N–H and O–H groups in total. The number of ether oxygens (including phenoxy) is 3. The number of hydrogen-bond acceptors (Lipinski definition) is 6. The second-order valence-corrected chi connectivity index (χ2v) is 7.90. The molecule has 5 rings (SSSR count). The Morgan fingerprint density at radius 2 is 1.83 bits per heavy atom. The lowest BCUT2D eigenvalue weighted by molar-refractivity contribution is -0.118. The molecule has 8 heteroatoms. The third-order valence-corrected chi connectivity index (χ3v) is 6.43. The summed E-state index contributed by atoms with van der Waals surface area (Å²) in [6, 6.07) is 12.9. The van der Waals surface area contributed by atoms with Crippen molar-refractivity contribution in [2.24, 2.45) is 7.05 Å². The lowest BCUT2D eigenvalue weighted by atomic mass is 9.90. The number of benzene rings is 2. The predicted octanol–water partition coefficient (Wildman–Crippen LogP) is 3.38. The van der Waals surface area contributed by atoms with Gasteiger partial charge < -0.3 is 14.2 Å². The van der Waals surface area contributed by atoms with Crippen LogP contribution >= 0.6 is 11.3 Å². The largest absolute Gasteiger partial charge is 0.497 e. The fraction of sp³-hybridized carbons (Fsp3) is 0.238. The van der Waals surface area contributed by atoms with Gasteiger partial charge in [-0.15, -0.1) is 0 Å². The van der Waals surface area contributed by atoms with E-state index in [1.54, 1.807) is 35.8 Å². The van der Waals surface area contributed by atoms with Crippen LogP contribution < -0.4 is 24.0 Å². The van der Waals surface area contributed by atoms with Crippen molar-refractivity contribution in [3.8, 4) is 17.2 Å². The summed E-state index contributed by atoms with van der Waals surface area (Å²) < 4.78 is 17.6. The second kappa shape index (κ2) is 6.66. The number of amides is 1. The molecule has 0 bridgehead atoms. The molecule has 1 atom stereocenters. The minimum absolute atomic E-state index is 0.0706. The molecular weight excluding hydrogens is 392 g/mol. The molecule has 0 aliphatic carbocycles. The first-order chi connectivity index (χ1) is 14.1. The van der Waals surface area contributed by atoms with Crippen LogP contribution in [0.25, 0.3) is 0 Å². The molecule has 0 spiro atoms. The zero-order valence-corrected chi connectivity index (χ0v) is 16.7. The first-order valence-electron chi connectivity index (χ1n) is 9.13. The zero-order valence-electron chi connectivity index (χ0n) is 15.9. The van der Waals surface area contributed by atoms with E-state index in [2.05, 4.69) is 0 Å². The van der Waals surface area contributed by atoms with Crippen molar-refractivity contribution < 1.29 is 19.0 Å². The molecule has 29 heavy (non-hydrogen) atoms. The van der Waals surface area contributed by atoms with Crippen molar-refractivity contribution in [2.75, 3.05) is 18.8 Å². The molecule has 3 aromatic rings. The molecule has 148 valence electrons. The van der Waals surface area contributed by atoms with Gasteiger partial charge >= 0.3 is 4.87 Å². The fourth-order valence-electron chi connectivity index (χ4n) is 3.82. The molecule has 2 aromatic carbocycles. The minimum atomic E-state index is -0.208. The van der Waals surface area contributed by atoms with Gasteiger partial charge in [-0.25, -0.2) is 0 Å². The van der Waals surface area contributed by atoms with Gasteiger partial charge in [-0.05, 0) is 42.0 Å². The molecule has 1 aromatic heterocycles. The van der Waals surface area contributed by atoms with Gasteiger partial charge in [0, 0.05) is 19.4 Å². The molecule has 0 radical (unpaired) electrons. The van der Waals surface area contributed by atoms with Crippen molar-refractivity contribution in [3.63, 3.8) is 0 Å². The highest BCUT2D eigenvalue weighted by Crippen LogP contribution is 2.46. The first kappa shape index (κ1) is 17.8. The number of carbonyl (C=O) groups excluding carboxylic acids is 1. The number of aromatic nitrogens is 1. The Balaban J connectivity index is 1.62. The van der Waals surface area contributed by atoms with Crippen LogP contribution in [-0.2, 0) is 11.8 Å². The van der Waals surface area contributed by atoms with Gasteiger partial charge in [-0.3, -0.25) is 19.1 Å². The number of rotatable bonds is 3. The number of carbonyl (C=O) groups is 1. The van der Waals surface area contributed by atoms with Gasteiger partial charge in [0.2, 0.25) is 12.7 Å². The Morgan fingerprint density at radius 1 is 1.07 bits per heavy atom. The molecule has 0 saturated heterocycles. The molecule has 0 fully saturated rings. The number of methoxy groups -OCH3 is 1. The smallest absolute Gasteiger partial charge is 0.308 e. The van der Waals surface area contributed by atoms with Crippen LogP contribution in [0.1, 0.15) is 22.8 Å². The van der Waals surface area contributed by atoms with E-state index in [-0.39, 0.29) is 29.9 Å². The van der Waals surface area contributed by atoms with Gasteiger partial charge in [0.05, 0.1) is 17.7 Å². The SMILES string of the molecule is COc1ccc(N2C(=O)C[C@@H](c3ccc4c(c3)OCO4)c3sc(=O)n(C)c32)cc1. The van der Waals surface area contributed by atoms with E-state index in [0.29, 0.717) is 28.8 Å². The summed E-state index contributed by atoms with van der Waals surface area (Å²) in [6.07, 6.45) is 0.263. The summed E-state index contributed by atoms with van der Waals surface area (Å²) in [7, 11) is 3.29. The van der Waals surface area contributed by atoms with E-state index < -0.39 is 0 Å². The molecule has 7 nitrogen and oxygen atoms in total. The van der Waals surface area contributed by atoms with Crippen LogP contribution in [0.15, 0.2) is 47.3 Å². The standard InChI is InChI=1S/C21H18N2O5S/c1-22-20-19(29-21(22)25)15(12-3-8-16-17(9-12)28-11-27-16)10-18(24)23(20)13-4-6-14(26-2)7-5-13/h3-9,15H,10-11H2,1-2H3/t15-/m0/s1. The number of anilines is 2. The highest BCUT2D eigenvalue weighted by Gasteiger charge is 2.37. The van der Waals surface area contributed by atoms with E-state index in [0.717, 1.165) is 10.4 Å². The van der Waals surface area contributed by atoms with E-state index in [9.17, 15) is 9.59 Å². The monoisotopic (exact) mass is 410 g/mol. The Bertz CT molecular complexity index is 1160. The van der Waals surface area contributed by atoms with E-state index in [4.69, 9.17) is 14.2 Å². The lowest BCUT2D eigenvalue weighted by Crippen LogP contribution is -2.34. The topological polar surface area (TPSA) is 70.0 Å². The van der Waals surface area contributed by atoms with Crippen LogP contribution in [0.2, 0.25) is 0 Å². The van der Waals surface area contributed by atoms with Gasteiger partial charge in [0.1, 0.15) is 11.6 Å². The summed E-state index contributed by atoms with van der Waals surface area (Å²) in [6.45, 7) is 0.192. The average molecular weight is 410 g/mol. The molecule has 2 aliphatic heterocycles. The van der Waals surface area contributed by atoms with Crippen molar-refractivity contribution in [1.29, 1.82) is 0 Å². The Labute approximate surface area is 170 Å². The summed E-state index contributed by atoms with van der Waals surface area (Å²) in [5.41, 5.74) is 1.63. The maximum atomic E-state index is 13.2. The van der Waals surface area contributed by atoms with E-state index in [1.807, 2.05) is 30.3 Å². The van der Waals surface area contributed by atoms with Crippen molar-refractivity contribution in [1.82, 2.24) is 4.57 Å². The highest BCUT2D eigenvalue weighted by molar-refractivity contribution is 7.10. The second-order valence-electron chi connectivity index (χ2n) is 6.91. The maximum absolute atomic E-state index is 13.2. The van der Waals surface area contributed by atoms with Gasteiger partial charge in [0.15, 0.2) is 11.5 Å². The third kappa shape index (κ3) is 2.79. The Kier molecular flexibility index (Phi) is 4.09. The van der Waals surface area contributed by atoms with Crippen LogP contribution in [0, 0.1) is 0 Å². The number of hydrogen-bond donors (Lipinski definition) is 0. The number of fused-ring (bicyclic) bond motifs is 2. The first-order valence-corrected chi connectivity index (χ1v) is 9.94. The molecule has 0 saturated carbocycles. The molecular formula is C21H18N2O5S. The van der Waals surface area contributed by atoms with Crippen molar-refractivity contribution >= 4 is 28.7 Å². The summed E-state index contributed by atoms with van der Waals surface area (Å²) in [5.74, 6) is 2.40. The number of nitrogens with zero attached hydrogens (tertiary/aromatic N) is 2. The highest BCUT2D eigenvalue weighted by atomic mass is 32.1. The molecule has 3 heterocycles. The van der Waals surface area contributed by atoms with Crippen molar-refractivity contribution in [3.05, 3.63) is 62.6 Å². The van der Waals surface area contributed by atoms with Crippen LogP contribution in [0.4, 0.5) is 11.5 Å². The average Bonchev–Trinajstić information content (AvgIpc) is 3.32. The van der Waals surface area contributed by atoms with Gasteiger partial charge in [-0.1, -0.05) is 17.4 Å². The van der Waals surface area contributed by atoms with E-state index >= 15 is 0 Å². The Hall–Kier alpha value is -3.26. The normalized spacial score (nSPS) is 17.4. The summed E-state index contributed by atoms with van der Waals surface area (Å²) in [5, 5.41) is 0. The summed E-state index contributed by atoms with van der Waals surface area (Å²) in [4.78, 5) is 28.1. The van der Waals surface area contributed by atoms with E-state index in [1.165, 1.54) is 11.3 Å². The van der Waals surface area contributed by atoms with Crippen LogP contribution in [0.3, 0.4) is 0 Å². The maximum Gasteiger partial charge on any atom is 0.308 e. The zero-order chi connectivity index (χ0) is 20.1. The van der Waals surface area contributed by atoms with Crippen LogP contribution in [0.5, 0.6) is 17.2 Å². The molecule has 0 unspecified atom stereocenters. The van der Waals surface area contributed by atoms with Crippen LogP contribution in [-0.4, -0.2) is 24.4 Å². The fourth-order valence-corrected chi connectivity index (χ4v) is 4.91. The molecule has 2 aliphatic rings. The molecule has 1 amide bonds. The minimum Gasteiger partial charge on any atom is -0.497 e. The quantitative estimate of drug-likeness (QED) is 0.662. The lowest BCUT2D eigenvalue weighted by Gasteiger charge is -2.32. The van der Waals surface area contributed by atoms with Gasteiger partial charge in [-0.2, -0.15) is 0 Å². The summed E-state index contributed by atoms with van der Waals surface area (Å²) >= 11 is 1.18. The van der Waals surface area contributed by atoms with Crippen molar-refractivity contribution in [2.45, 2.75) is 12.3 Å². The third-order valence-electron chi connectivity index (χ3n) is 5.30. The number of thiazole rings is 1. The predicted molar refractivity (Wildman–Crippen MR) is 109 cm³/mol. The van der Waals surface area contributed by atoms with Gasteiger partial charge in [0.25, 0.3) is 0 Å².